The lowest BCUT2D eigenvalue weighted by molar-refractivity contribution is -0.0592. The van der Waals surface area contributed by atoms with Gasteiger partial charge in [0.25, 0.3) is 0 Å². The third-order valence-corrected chi connectivity index (χ3v) is 3.61. The minimum Gasteiger partial charge on any atom is -0.488 e. The van der Waals surface area contributed by atoms with Crippen LogP contribution in [0.2, 0.25) is 0 Å². The van der Waals surface area contributed by atoms with Gasteiger partial charge in [0, 0.05) is 13.1 Å². The molecule has 1 aromatic carbocycles. The molecular weight excluding hydrogens is 228 g/mol. The van der Waals surface area contributed by atoms with E-state index in [-0.39, 0.29) is 6.10 Å². The van der Waals surface area contributed by atoms with Crippen LogP contribution in [0.15, 0.2) is 24.3 Å². The summed E-state index contributed by atoms with van der Waals surface area (Å²) < 4.78 is 11.2. The zero-order valence-corrected chi connectivity index (χ0v) is 10.2. The van der Waals surface area contributed by atoms with E-state index in [1.165, 1.54) is 0 Å². The van der Waals surface area contributed by atoms with Gasteiger partial charge in [0.15, 0.2) is 0 Å². The van der Waals surface area contributed by atoms with Crippen LogP contribution in [0.4, 0.5) is 0 Å². The van der Waals surface area contributed by atoms with Gasteiger partial charge >= 0.3 is 0 Å². The highest BCUT2D eigenvalue weighted by Crippen LogP contribution is 2.24. The monoisotopic (exact) mass is 244 g/mol. The summed E-state index contributed by atoms with van der Waals surface area (Å²) in [6.07, 6.45) is 1.22. The van der Waals surface area contributed by atoms with Gasteiger partial charge in [-0.15, -0.1) is 0 Å². The van der Waals surface area contributed by atoms with Gasteiger partial charge in [0.1, 0.15) is 17.9 Å². The standard InChI is InChI=1S/C14H16N2O2/c15-7-11-3-1-2-4-14(11)18-13-5-6-16(8-13)12-9-17-10-12/h1-4,12-13H,5-6,8-10H2. The molecule has 0 aliphatic carbocycles. The molecule has 0 radical (unpaired) electrons. The van der Waals surface area contributed by atoms with Crippen LogP contribution in [0.3, 0.4) is 0 Å². The number of nitriles is 1. The number of benzene rings is 1. The molecule has 3 rings (SSSR count). The van der Waals surface area contributed by atoms with Gasteiger partial charge in [-0.25, -0.2) is 0 Å². The summed E-state index contributed by atoms with van der Waals surface area (Å²) in [6, 6.07) is 10.2. The molecule has 4 heteroatoms. The minimum atomic E-state index is 0.195. The summed E-state index contributed by atoms with van der Waals surface area (Å²) >= 11 is 0. The predicted molar refractivity (Wildman–Crippen MR) is 66.4 cm³/mol. The lowest BCUT2D eigenvalue weighted by Gasteiger charge is -2.34. The fourth-order valence-corrected chi connectivity index (χ4v) is 2.46. The van der Waals surface area contributed by atoms with Crippen molar-refractivity contribution in [3.8, 4) is 11.8 Å². The van der Waals surface area contributed by atoms with Gasteiger partial charge in [-0.1, -0.05) is 12.1 Å². The Labute approximate surface area is 107 Å². The molecule has 2 aliphatic heterocycles. The van der Waals surface area contributed by atoms with Crippen molar-refractivity contribution < 1.29 is 9.47 Å². The highest BCUT2D eigenvalue weighted by atomic mass is 16.5. The van der Waals surface area contributed by atoms with Crippen molar-refractivity contribution in [3.05, 3.63) is 29.8 Å². The Morgan fingerprint density at radius 3 is 2.89 bits per heavy atom. The molecule has 18 heavy (non-hydrogen) atoms. The van der Waals surface area contributed by atoms with Crippen molar-refractivity contribution in [2.24, 2.45) is 0 Å². The second-order valence-electron chi connectivity index (χ2n) is 4.82. The minimum absolute atomic E-state index is 0.195. The van der Waals surface area contributed by atoms with E-state index in [2.05, 4.69) is 11.0 Å². The quantitative estimate of drug-likeness (QED) is 0.806. The molecule has 2 aliphatic rings. The molecule has 0 amide bonds. The van der Waals surface area contributed by atoms with E-state index in [1.54, 1.807) is 6.07 Å². The van der Waals surface area contributed by atoms with Crippen molar-refractivity contribution in [1.82, 2.24) is 4.90 Å². The lowest BCUT2D eigenvalue weighted by Crippen LogP contribution is -2.48. The van der Waals surface area contributed by atoms with Gasteiger partial charge in [-0.05, 0) is 18.6 Å². The number of hydrogen-bond acceptors (Lipinski definition) is 4. The number of hydrogen-bond donors (Lipinski definition) is 0. The second-order valence-corrected chi connectivity index (χ2v) is 4.82. The second kappa shape index (κ2) is 4.97. The Hall–Kier alpha value is -1.57. The first kappa shape index (κ1) is 11.5. The summed E-state index contributed by atoms with van der Waals surface area (Å²) in [4.78, 5) is 2.42. The van der Waals surface area contributed by atoms with E-state index in [0.29, 0.717) is 17.4 Å². The fourth-order valence-electron chi connectivity index (χ4n) is 2.46. The van der Waals surface area contributed by atoms with E-state index in [9.17, 15) is 0 Å². The molecule has 0 aromatic heterocycles. The zero-order valence-electron chi connectivity index (χ0n) is 10.2. The lowest BCUT2D eigenvalue weighted by atomic mass is 10.2. The van der Waals surface area contributed by atoms with Gasteiger partial charge in [0.05, 0.1) is 24.8 Å². The highest BCUT2D eigenvalue weighted by molar-refractivity contribution is 5.42. The number of para-hydroxylation sites is 1. The van der Waals surface area contributed by atoms with Crippen molar-refractivity contribution in [2.75, 3.05) is 26.3 Å². The van der Waals surface area contributed by atoms with Crippen molar-refractivity contribution in [1.29, 1.82) is 5.26 Å². The molecule has 1 aromatic rings. The summed E-state index contributed by atoms with van der Waals surface area (Å²) in [5.74, 6) is 0.705. The maximum Gasteiger partial charge on any atom is 0.137 e. The maximum absolute atomic E-state index is 9.02. The molecule has 0 N–H and O–H groups in total. The van der Waals surface area contributed by atoms with Crippen molar-refractivity contribution in [3.63, 3.8) is 0 Å². The van der Waals surface area contributed by atoms with E-state index in [1.807, 2.05) is 18.2 Å². The third kappa shape index (κ3) is 2.20. The Balaban J connectivity index is 1.62. The molecule has 2 heterocycles. The van der Waals surface area contributed by atoms with Gasteiger partial charge in [-0.3, -0.25) is 4.90 Å². The average molecular weight is 244 g/mol. The molecular formula is C14H16N2O2. The van der Waals surface area contributed by atoms with Crippen molar-refractivity contribution >= 4 is 0 Å². The fraction of sp³-hybridized carbons (Fsp3) is 0.500. The number of likely N-dealkylation sites (tertiary alicyclic amines) is 1. The van der Waals surface area contributed by atoms with Crippen molar-refractivity contribution in [2.45, 2.75) is 18.6 Å². The summed E-state index contributed by atoms with van der Waals surface area (Å²) in [6.45, 7) is 3.70. The predicted octanol–water partition coefficient (Wildman–Crippen LogP) is 1.41. The number of nitrogens with zero attached hydrogens (tertiary/aromatic N) is 2. The largest absolute Gasteiger partial charge is 0.488 e. The van der Waals surface area contributed by atoms with Crippen LogP contribution >= 0.6 is 0 Å². The van der Waals surface area contributed by atoms with Crippen LogP contribution in [-0.4, -0.2) is 43.3 Å². The van der Waals surface area contributed by atoms with Crippen LogP contribution in [0.25, 0.3) is 0 Å². The van der Waals surface area contributed by atoms with Gasteiger partial charge in [-0.2, -0.15) is 5.26 Å². The van der Waals surface area contributed by atoms with E-state index in [4.69, 9.17) is 14.7 Å². The highest BCUT2D eigenvalue weighted by Gasteiger charge is 2.33. The molecule has 1 unspecified atom stereocenters. The van der Waals surface area contributed by atoms with Crippen LogP contribution < -0.4 is 4.74 Å². The third-order valence-electron chi connectivity index (χ3n) is 3.61. The Kier molecular flexibility index (Phi) is 3.18. The zero-order chi connectivity index (χ0) is 12.4. The van der Waals surface area contributed by atoms with E-state index in [0.717, 1.165) is 32.7 Å². The molecule has 2 fully saturated rings. The molecule has 4 nitrogen and oxygen atoms in total. The summed E-state index contributed by atoms with van der Waals surface area (Å²) in [5.41, 5.74) is 0.614. The first-order chi connectivity index (χ1) is 8.86. The van der Waals surface area contributed by atoms with Crippen LogP contribution in [0.1, 0.15) is 12.0 Å². The van der Waals surface area contributed by atoms with E-state index < -0.39 is 0 Å². The van der Waals surface area contributed by atoms with Crippen LogP contribution in [0.5, 0.6) is 5.75 Å². The topological polar surface area (TPSA) is 45.5 Å². The maximum atomic E-state index is 9.02. The normalized spacial score (nSPS) is 24.5. The summed E-state index contributed by atoms with van der Waals surface area (Å²) in [5, 5.41) is 9.02. The van der Waals surface area contributed by atoms with Crippen LogP contribution in [-0.2, 0) is 4.74 Å². The molecule has 2 saturated heterocycles. The summed E-state index contributed by atoms with van der Waals surface area (Å²) in [7, 11) is 0. The van der Waals surface area contributed by atoms with Crippen LogP contribution in [0, 0.1) is 11.3 Å². The smallest absolute Gasteiger partial charge is 0.137 e. The number of ether oxygens (including phenoxy) is 2. The molecule has 94 valence electrons. The Bertz CT molecular complexity index is 465. The molecule has 1 atom stereocenters. The average Bonchev–Trinajstić information content (AvgIpc) is 2.76. The Morgan fingerprint density at radius 2 is 2.17 bits per heavy atom. The molecule has 0 spiro atoms. The number of rotatable bonds is 3. The first-order valence-corrected chi connectivity index (χ1v) is 6.34. The first-order valence-electron chi connectivity index (χ1n) is 6.34. The van der Waals surface area contributed by atoms with E-state index >= 15 is 0 Å². The molecule has 0 saturated carbocycles. The van der Waals surface area contributed by atoms with Gasteiger partial charge in [0.2, 0.25) is 0 Å². The Morgan fingerprint density at radius 1 is 1.33 bits per heavy atom. The molecule has 0 bridgehead atoms. The van der Waals surface area contributed by atoms with Gasteiger partial charge < -0.3 is 9.47 Å². The SMILES string of the molecule is N#Cc1ccccc1OC1CCN(C2COC2)C1.